The van der Waals surface area contributed by atoms with Gasteiger partial charge >= 0.3 is 0 Å². The number of amides is 2. The molecular weight excluding hydrogens is 546 g/mol. The van der Waals surface area contributed by atoms with Gasteiger partial charge in [0.05, 0.1) is 17.3 Å². The van der Waals surface area contributed by atoms with E-state index in [2.05, 4.69) is 58.7 Å². The molecule has 0 spiro atoms. The van der Waals surface area contributed by atoms with Gasteiger partial charge in [-0.2, -0.15) is 0 Å². The lowest BCUT2D eigenvalue weighted by Gasteiger charge is -2.40. The summed E-state index contributed by atoms with van der Waals surface area (Å²) in [5, 5.41) is 2.89. The highest BCUT2D eigenvalue weighted by Gasteiger charge is 2.29. The lowest BCUT2D eigenvalue weighted by Crippen LogP contribution is -2.50. The van der Waals surface area contributed by atoms with Gasteiger partial charge in [-0.3, -0.25) is 14.5 Å². The van der Waals surface area contributed by atoms with Crippen molar-refractivity contribution in [2.75, 3.05) is 38.1 Å². The summed E-state index contributed by atoms with van der Waals surface area (Å²) in [5.74, 6) is 0.191. The van der Waals surface area contributed by atoms with Crippen molar-refractivity contribution >= 4 is 17.5 Å². The molecule has 0 bridgehead atoms. The predicted molar refractivity (Wildman–Crippen MR) is 175 cm³/mol. The summed E-state index contributed by atoms with van der Waals surface area (Å²) in [6.07, 6.45) is 0. The number of para-hydroxylation sites is 1. The zero-order chi connectivity index (χ0) is 30.1. The van der Waals surface area contributed by atoms with E-state index in [9.17, 15) is 9.59 Å². The lowest BCUT2D eigenvalue weighted by molar-refractivity contribution is -0.118. The number of nitrogens with one attached hydrogen (secondary N) is 1. The number of benzene rings is 5. The van der Waals surface area contributed by atoms with Crippen LogP contribution < -0.4 is 10.1 Å². The highest BCUT2D eigenvalue weighted by atomic mass is 16.5. The first-order chi connectivity index (χ1) is 21.7. The number of nitrogens with zero attached hydrogens (tertiary/aromatic N) is 2. The summed E-state index contributed by atoms with van der Waals surface area (Å²) >= 11 is 0. The van der Waals surface area contributed by atoms with Crippen LogP contribution >= 0.6 is 0 Å². The van der Waals surface area contributed by atoms with Crippen molar-refractivity contribution in [1.29, 1.82) is 0 Å². The van der Waals surface area contributed by atoms with Gasteiger partial charge in [0.1, 0.15) is 5.75 Å². The van der Waals surface area contributed by atoms with Crippen molar-refractivity contribution in [3.63, 3.8) is 0 Å². The second-order valence-electron chi connectivity index (χ2n) is 10.8. The largest absolute Gasteiger partial charge is 0.484 e. The Bertz CT molecular complexity index is 1630. The molecule has 1 N–H and O–H groups in total. The fourth-order valence-corrected chi connectivity index (χ4v) is 5.73. The van der Waals surface area contributed by atoms with Crippen molar-refractivity contribution in [1.82, 2.24) is 9.80 Å². The van der Waals surface area contributed by atoms with Gasteiger partial charge in [-0.05, 0) is 46.5 Å². The normalized spacial score (nSPS) is 13.4. The first kappa shape index (κ1) is 28.9. The molecule has 5 aromatic carbocycles. The van der Waals surface area contributed by atoms with Gasteiger partial charge in [0.15, 0.2) is 6.61 Å². The number of carbonyl (C=O) groups is 2. The number of anilines is 1. The maximum Gasteiger partial charge on any atom is 0.262 e. The van der Waals surface area contributed by atoms with Crippen LogP contribution in [0, 0.1) is 0 Å². The molecule has 220 valence electrons. The van der Waals surface area contributed by atoms with E-state index in [0.29, 0.717) is 30.1 Å². The van der Waals surface area contributed by atoms with Crippen LogP contribution in [0.2, 0.25) is 0 Å². The number of carbonyl (C=O) groups excluding carboxylic acids is 2. The molecule has 0 saturated carbocycles. The molecule has 0 aromatic heterocycles. The Kier molecular flexibility index (Phi) is 9.09. The van der Waals surface area contributed by atoms with E-state index in [1.54, 1.807) is 12.1 Å². The molecule has 1 saturated heterocycles. The van der Waals surface area contributed by atoms with Crippen molar-refractivity contribution < 1.29 is 14.3 Å². The summed E-state index contributed by atoms with van der Waals surface area (Å²) in [4.78, 5) is 30.8. The van der Waals surface area contributed by atoms with Crippen LogP contribution in [-0.2, 0) is 4.79 Å². The Morgan fingerprint density at radius 2 is 1.14 bits per heavy atom. The SMILES string of the molecule is O=C(COc1ccc(-c2ccccc2)cc1)Nc1ccccc1C(=O)N1CCN(C(c2ccccc2)c2ccccc2)CC1. The molecule has 0 atom stereocenters. The molecule has 6 rings (SSSR count). The number of hydrogen-bond donors (Lipinski definition) is 1. The average Bonchev–Trinajstić information content (AvgIpc) is 3.09. The topological polar surface area (TPSA) is 61.9 Å². The van der Waals surface area contributed by atoms with E-state index >= 15 is 0 Å². The van der Waals surface area contributed by atoms with Crippen LogP contribution in [-0.4, -0.2) is 54.4 Å². The predicted octanol–water partition coefficient (Wildman–Crippen LogP) is 6.92. The molecule has 5 aromatic rings. The maximum absolute atomic E-state index is 13.7. The third-order valence-corrected chi connectivity index (χ3v) is 7.96. The van der Waals surface area contributed by atoms with Crippen LogP contribution in [0.15, 0.2) is 140 Å². The second-order valence-corrected chi connectivity index (χ2v) is 10.8. The molecule has 0 unspecified atom stereocenters. The van der Waals surface area contributed by atoms with E-state index in [1.807, 2.05) is 83.8 Å². The molecule has 0 radical (unpaired) electrons. The second kappa shape index (κ2) is 13.8. The van der Waals surface area contributed by atoms with Crippen molar-refractivity contribution in [3.8, 4) is 16.9 Å². The molecule has 1 aliphatic heterocycles. The monoisotopic (exact) mass is 581 g/mol. The minimum absolute atomic E-state index is 0.0889. The Balaban J connectivity index is 1.07. The highest BCUT2D eigenvalue weighted by molar-refractivity contribution is 6.04. The Morgan fingerprint density at radius 3 is 1.75 bits per heavy atom. The fourth-order valence-electron chi connectivity index (χ4n) is 5.73. The number of piperazine rings is 1. The summed E-state index contributed by atoms with van der Waals surface area (Å²) < 4.78 is 5.74. The van der Waals surface area contributed by atoms with Gasteiger partial charge in [-0.15, -0.1) is 0 Å². The van der Waals surface area contributed by atoms with Crippen molar-refractivity contribution in [3.05, 3.63) is 156 Å². The van der Waals surface area contributed by atoms with Gasteiger partial charge in [0, 0.05) is 26.2 Å². The van der Waals surface area contributed by atoms with Gasteiger partial charge in [0.25, 0.3) is 11.8 Å². The van der Waals surface area contributed by atoms with Gasteiger partial charge in [0.2, 0.25) is 0 Å². The third kappa shape index (κ3) is 6.88. The smallest absolute Gasteiger partial charge is 0.262 e. The van der Waals surface area contributed by atoms with Crippen LogP contribution in [0.4, 0.5) is 5.69 Å². The molecule has 2 amide bonds. The summed E-state index contributed by atoms with van der Waals surface area (Å²) in [6.45, 7) is 2.52. The lowest BCUT2D eigenvalue weighted by atomic mass is 9.96. The molecule has 1 aliphatic rings. The Hall–Kier alpha value is -5.20. The first-order valence-corrected chi connectivity index (χ1v) is 15.0. The molecule has 44 heavy (non-hydrogen) atoms. The minimum Gasteiger partial charge on any atom is -0.484 e. The standard InChI is InChI=1S/C38H35N3O3/c42-36(28-44-33-22-20-30(21-23-33)29-12-4-1-5-13-29)39-35-19-11-10-18-34(35)38(43)41-26-24-40(25-27-41)37(31-14-6-2-7-15-31)32-16-8-3-9-17-32/h1-23,37H,24-28H2,(H,39,42). The van der Waals surface area contributed by atoms with Crippen LogP contribution in [0.1, 0.15) is 27.5 Å². The van der Waals surface area contributed by atoms with E-state index < -0.39 is 0 Å². The van der Waals surface area contributed by atoms with Gasteiger partial charge < -0.3 is 15.0 Å². The van der Waals surface area contributed by atoms with Gasteiger partial charge in [-0.25, -0.2) is 0 Å². The molecule has 6 heteroatoms. The minimum atomic E-state index is -0.323. The molecule has 1 fully saturated rings. The number of hydrogen-bond acceptors (Lipinski definition) is 4. The van der Waals surface area contributed by atoms with Gasteiger partial charge in [-0.1, -0.05) is 115 Å². The quantitative estimate of drug-likeness (QED) is 0.205. The van der Waals surface area contributed by atoms with Crippen molar-refractivity contribution in [2.24, 2.45) is 0 Å². The fraction of sp³-hybridized carbons (Fsp3) is 0.158. The maximum atomic E-state index is 13.7. The van der Waals surface area contributed by atoms with E-state index in [1.165, 1.54) is 11.1 Å². The summed E-state index contributed by atoms with van der Waals surface area (Å²) in [7, 11) is 0. The van der Waals surface area contributed by atoms with Crippen molar-refractivity contribution in [2.45, 2.75) is 6.04 Å². The zero-order valence-electron chi connectivity index (χ0n) is 24.5. The average molecular weight is 582 g/mol. The third-order valence-electron chi connectivity index (χ3n) is 7.96. The number of rotatable bonds is 9. The molecular formula is C38H35N3O3. The summed E-state index contributed by atoms with van der Waals surface area (Å²) in [5.41, 5.74) is 5.63. The van der Waals surface area contributed by atoms with E-state index in [-0.39, 0.29) is 24.5 Å². The Labute approximate surface area is 258 Å². The van der Waals surface area contributed by atoms with E-state index in [4.69, 9.17) is 4.74 Å². The molecule has 6 nitrogen and oxygen atoms in total. The zero-order valence-corrected chi connectivity index (χ0v) is 24.5. The highest BCUT2D eigenvalue weighted by Crippen LogP contribution is 2.30. The van der Waals surface area contributed by atoms with Crippen LogP contribution in [0.3, 0.4) is 0 Å². The number of ether oxygens (including phenoxy) is 1. The van der Waals surface area contributed by atoms with E-state index in [0.717, 1.165) is 24.2 Å². The Morgan fingerprint density at radius 1 is 0.614 bits per heavy atom. The molecule has 1 heterocycles. The first-order valence-electron chi connectivity index (χ1n) is 15.0. The van der Waals surface area contributed by atoms with Crippen LogP contribution in [0.25, 0.3) is 11.1 Å². The molecule has 0 aliphatic carbocycles. The van der Waals surface area contributed by atoms with Crippen LogP contribution in [0.5, 0.6) is 5.75 Å². The summed E-state index contributed by atoms with van der Waals surface area (Å²) in [6, 6.07) is 46.0.